The minimum Gasteiger partial charge on any atom is -0.441 e. The number of nitrogens with zero attached hydrogens (tertiary/aromatic N) is 2. The summed E-state index contributed by atoms with van der Waals surface area (Å²) in [6.45, 7) is 1.90. The van der Waals surface area contributed by atoms with Crippen LogP contribution < -0.4 is 5.32 Å². The molecule has 1 N–H and O–H groups in total. The van der Waals surface area contributed by atoms with Crippen LogP contribution in [-0.2, 0) is 11.2 Å². The first-order valence-electron chi connectivity index (χ1n) is 7.54. The van der Waals surface area contributed by atoms with E-state index < -0.39 is 0 Å². The summed E-state index contributed by atoms with van der Waals surface area (Å²) < 4.78 is 5.68. The smallest absolute Gasteiger partial charge is 0.226 e. The van der Waals surface area contributed by atoms with Gasteiger partial charge < -0.3 is 9.73 Å². The van der Waals surface area contributed by atoms with E-state index >= 15 is 0 Å². The molecule has 122 valence electrons. The maximum atomic E-state index is 12.0. The summed E-state index contributed by atoms with van der Waals surface area (Å²) in [5, 5.41) is 3.39. The SMILES string of the molecule is Cc1cccnc1NC(=O)CCc1ncc(-c2ccccc2Cl)o1. The van der Waals surface area contributed by atoms with Crippen molar-refractivity contribution in [3.63, 3.8) is 0 Å². The third kappa shape index (κ3) is 3.81. The van der Waals surface area contributed by atoms with Gasteiger partial charge in [-0.05, 0) is 30.7 Å². The van der Waals surface area contributed by atoms with Gasteiger partial charge in [0.05, 0.1) is 11.2 Å². The fourth-order valence-corrected chi connectivity index (χ4v) is 2.47. The normalized spacial score (nSPS) is 10.6. The van der Waals surface area contributed by atoms with Gasteiger partial charge in [-0.2, -0.15) is 0 Å². The Labute approximate surface area is 144 Å². The number of hydrogen-bond donors (Lipinski definition) is 1. The largest absolute Gasteiger partial charge is 0.441 e. The summed E-state index contributed by atoms with van der Waals surface area (Å²) in [6.07, 6.45) is 3.94. The van der Waals surface area contributed by atoms with Gasteiger partial charge in [0.2, 0.25) is 5.91 Å². The van der Waals surface area contributed by atoms with Crippen molar-refractivity contribution in [1.82, 2.24) is 9.97 Å². The summed E-state index contributed by atoms with van der Waals surface area (Å²) in [5.74, 6) is 1.54. The van der Waals surface area contributed by atoms with Gasteiger partial charge in [0.15, 0.2) is 11.7 Å². The van der Waals surface area contributed by atoms with E-state index in [9.17, 15) is 4.79 Å². The van der Waals surface area contributed by atoms with Crippen molar-refractivity contribution in [3.05, 3.63) is 65.3 Å². The third-order valence-electron chi connectivity index (χ3n) is 3.53. The standard InChI is InChI=1S/C18H16ClN3O2/c1-12-5-4-10-20-18(12)22-16(23)8-9-17-21-11-15(24-17)13-6-2-3-7-14(13)19/h2-7,10-11H,8-9H2,1H3,(H,20,22,23). The summed E-state index contributed by atoms with van der Waals surface area (Å²) in [5.41, 5.74) is 1.70. The van der Waals surface area contributed by atoms with Gasteiger partial charge in [-0.1, -0.05) is 29.8 Å². The molecule has 0 saturated carbocycles. The molecule has 0 fully saturated rings. The zero-order chi connectivity index (χ0) is 16.9. The minimum absolute atomic E-state index is 0.130. The zero-order valence-corrected chi connectivity index (χ0v) is 13.9. The monoisotopic (exact) mass is 341 g/mol. The van der Waals surface area contributed by atoms with Gasteiger partial charge in [0, 0.05) is 24.6 Å². The van der Waals surface area contributed by atoms with E-state index in [1.165, 1.54) is 0 Å². The highest BCUT2D eigenvalue weighted by atomic mass is 35.5. The van der Waals surface area contributed by atoms with Crippen LogP contribution in [0.15, 0.2) is 53.2 Å². The lowest BCUT2D eigenvalue weighted by atomic mass is 10.2. The van der Waals surface area contributed by atoms with Crippen molar-refractivity contribution in [2.75, 3.05) is 5.32 Å². The second-order valence-electron chi connectivity index (χ2n) is 5.32. The number of rotatable bonds is 5. The average Bonchev–Trinajstić information content (AvgIpc) is 3.04. The van der Waals surface area contributed by atoms with E-state index in [0.717, 1.165) is 11.1 Å². The van der Waals surface area contributed by atoms with Gasteiger partial charge in [0.1, 0.15) is 5.82 Å². The number of carbonyl (C=O) groups excluding carboxylic acids is 1. The fraction of sp³-hybridized carbons (Fsp3) is 0.167. The molecule has 3 aromatic rings. The van der Waals surface area contributed by atoms with Gasteiger partial charge in [-0.15, -0.1) is 0 Å². The van der Waals surface area contributed by atoms with Crippen LogP contribution in [-0.4, -0.2) is 15.9 Å². The van der Waals surface area contributed by atoms with Crippen LogP contribution in [0.1, 0.15) is 17.9 Å². The molecule has 2 aromatic heterocycles. The van der Waals surface area contributed by atoms with Crippen LogP contribution in [0, 0.1) is 6.92 Å². The molecule has 0 aliphatic heterocycles. The number of oxazole rings is 1. The average molecular weight is 342 g/mol. The number of aromatic nitrogens is 2. The first kappa shape index (κ1) is 16.2. The van der Waals surface area contributed by atoms with Crippen molar-refractivity contribution in [1.29, 1.82) is 0 Å². The molecule has 24 heavy (non-hydrogen) atoms. The summed E-state index contributed by atoms with van der Waals surface area (Å²) >= 11 is 6.14. The number of amides is 1. The molecule has 0 aliphatic carbocycles. The minimum atomic E-state index is -0.130. The number of hydrogen-bond acceptors (Lipinski definition) is 4. The van der Waals surface area contributed by atoms with Crippen LogP contribution in [0.5, 0.6) is 0 Å². The lowest BCUT2D eigenvalue weighted by Crippen LogP contribution is -2.14. The lowest BCUT2D eigenvalue weighted by Gasteiger charge is -2.05. The zero-order valence-electron chi connectivity index (χ0n) is 13.1. The molecule has 1 amide bonds. The second-order valence-corrected chi connectivity index (χ2v) is 5.72. The second kappa shape index (κ2) is 7.27. The molecule has 3 rings (SSSR count). The highest BCUT2D eigenvalue weighted by molar-refractivity contribution is 6.33. The molecule has 1 aromatic carbocycles. The number of benzene rings is 1. The van der Waals surface area contributed by atoms with Crippen molar-refractivity contribution in [3.8, 4) is 11.3 Å². The third-order valence-corrected chi connectivity index (χ3v) is 3.86. The van der Waals surface area contributed by atoms with Crippen molar-refractivity contribution in [2.45, 2.75) is 19.8 Å². The Hall–Kier alpha value is -2.66. The highest BCUT2D eigenvalue weighted by Gasteiger charge is 2.11. The molecule has 5 nitrogen and oxygen atoms in total. The molecule has 0 bridgehead atoms. The first-order chi connectivity index (χ1) is 11.6. The van der Waals surface area contributed by atoms with Crippen LogP contribution in [0.4, 0.5) is 5.82 Å². The first-order valence-corrected chi connectivity index (χ1v) is 7.92. The highest BCUT2D eigenvalue weighted by Crippen LogP contribution is 2.28. The topological polar surface area (TPSA) is 68.0 Å². The molecular formula is C18H16ClN3O2. The molecule has 0 atom stereocenters. The number of anilines is 1. The molecule has 6 heteroatoms. The fourth-order valence-electron chi connectivity index (χ4n) is 2.24. The van der Waals surface area contributed by atoms with Crippen molar-refractivity contribution >= 4 is 23.3 Å². The van der Waals surface area contributed by atoms with Crippen LogP contribution >= 0.6 is 11.6 Å². The maximum Gasteiger partial charge on any atom is 0.226 e. The van der Waals surface area contributed by atoms with Crippen LogP contribution in [0.25, 0.3) is 11.3 Å². The Morgan fingerprint density at radius 3 is 2.83 bits per heavy atom. The molecular weight excluding hydrogens is 326 g/mol. The van der Waals surface area contributed by atoms with E-state index in [1.54, 1.807) is 18.5 Å². The van der Waals surface area contributed by atoms with Gasteiger partial charge in [-0.25, -0.2) is 9.97 Å². The van der Waals surface area contributed by atoms with Crippen molar-refractivity contribution < 1.29 is 9.21 Å². The summed E-state index contributed by atoms with van der Waals surface area (Å²) in [7, 11) is 0. The van der Waals surface area contributed by atoms with Gasteiger partial charge in [0.25, 0.3) is 0 Å². The molecule has 0 saturated heterocycles. The Balaban J connectivity index is 1.61. The molecule has 0 radical (unpaired) electrons. The van der Waals surface area contributed by atoms with E-state index in [-0.39, 0.29) is 12.3 Å². The summed E-state index contributed by atoms with van der Waals surface area (Å²) in [4.78, 5) is 20.4. The van der Waals surface area contributed by atoms with E-state index in [2.05, 4.69) is 15.3 Å². The molecule has 0 unspecified atom stereocenters. The van der Waals surface area contributed by atoms with Crippen LogP contribution in [0.2, 0.25) is 5.02 Å². The Morgan fingerprint density at radius 1 is 1.21 bits per heavy atom. The van der Waals surface area contributed by atoms with E-state index in [1.807, 2.05) is 37.3 Å². The Kier molecular flexibility index (Phi) is 4.91. The molecule has 0 aliphatic rings. The van der Waals surface area contributed by atoms with Gasteiger partial charge in [-0.3, -0.25) is 4.79 Å². The lowest BCUT2D eigenvalue weighted by molar-refractivity contribution is -0.116. The van der Waals surface area contributed by atoms with Gasteiger partial charge >= 0.3 is 0 Å². The van der Waals surface area contributed by atoms with Crippen LogP contribution in [0.3, 0.4) is 0 Å². The van der Waals surface area contributed by atoms with E-state index in [0.29, 0.717) is 28.9 Å². The Bertz CT molecular complexity index is 861. The quantitative estimate of drug-likeness (QED) is 0.752. The number of pyridine rings is 1. The predicted molar refractivity (Wildman–Crippen MR) is 92.9 cm³/mol. The number of aryl methyl sites for hydroxylation is 2. The number of halogens is 1. The number of carbonyl (C=O) groups is 1. The van der Waals surface area contributed by atoms with Crippen molar-refractivity contribution in [2.24, 2.45) is 0 Å². The Morgan fingerprint density at radius 2 is 2.04 bits per heavy atom. The number of nitrogens with one attached hydrogen (secondary N) is 1. The maximum absolute atomic E-state index is 12.0. The molecule has 2 heterocycles. The molecule has 0 spiro atoms. The summed E-state index contributed by atoms with van der Waals surface area (Å²) in [6, 6.07) is 11.1. The van der Waals surface area contributed by atoms with E-state index in [4.69, 9.17) is 16.0 Å². The predicted octanol–water partition coefficient (Wildman–Crippen LogP) is 4.27.